The number of amides is 1. The Bertz CT molecular complexity index is 763. The van der Waals surface area contributed by atoms with Crippen molar-refractivity contribution in [1.29, 1.82) is 0 Å². The number of ether oxygens (including phenoxy) is 1. The molecule has 170 valence electrons. The van der Waals surface area contributed by atoms with Crippen LogP contribution in [0.1, 0.15) is 24.2 Å². The number of nitrogens with two attached hydrogens (primary N) is 2. The summed E-state index contributed by atoms with van der Waals surface area (Å²) in [5.41, 5.74) is 11.4. The minimum atomic E-state index is -1.43. The van der Waals surface area contributed by atoms with Gasteiger partial charge in [-0.2, -0.15) is 0 Å². The highest BCUT2D eigenvalue weighted by molar-refractivity contribution is 5.78. The number of aliphatic hydroxyl groups excluding tert-OH is 3. The van der Waals surface area contributed by atoms with Gasteiger partial charge in [-0.3, -0.25) is 4.79 Å². The molecule has 2 heterocycles. The summed E-state index contributed by atoms with van der Waals surface area (Å²) in [4.78, 5) is 27.3. The van der Waals surface area contributed by atoms with Crippen molar-refractivity contribution >= 4 is 11.9 Å². The second-order valence-corrected chi connectivity index (χ2v) is 8.49. The maximum atomic E-state index is 11.9. The lowest BCUT2D eigenvalue weighted by Crippen LogP contribution is -2.52. The molecule has 1 aliphatic rings. The fourth-order valence-corrected chi connectivity index (χ4v) is 3.59. The minimum Gasteiger partial charge on any atom is -0.548 e. The number of aromatic nitrogens is 2. The van der Waals surface area contributed by atoms with Gasteiger partial charge in [0.25, 0.3) is 5.91 Å². The smallest absolute Gasteiger partial charge is 0.275 e. The monoisotopic (exact) mass is 429 g/mol. The molecular formula is C18H31N5O7. The molecule has 0 bridgehead atoms. The van der Waals surface area contributed by atoms with Crippen LogP contribution in [0, 0.1) is 0 Å². The van der Waals surface area contributed by atoms with E-state index in [2.05, 4.69) is 4.98 Å². The summed E-state index contributed by atoms with van der Waals surface area (Å²) in [5.74, 6) is -1.52. The number of imidazole rings is 1. The van der Waals surface area contributed by atoms with Gasteiger partial charge in [-0.25, -0.2) is 4.98 Å². The van der Waals surface area contributed by atoms with Gasteiger partial charge in [0.1, 0.15) is 24.1 Å². The number of quaternary nitrogens is 1. The Morgan fingerprint density at radius 2 is 1.97 bits per heavy atom. The number of aryl methyl sites for hydroxylation is 1. The number of carbonyl (C=O) groups is 2. The molecule has 12 heteroatoms. The van der Waals surface area contributed by atoms with Crippen molar-refractivity contribution in [2.24, 2.45) is 11.5 Å². The predicted octanol–water partition coefficient (Wildman–Crippen LogP) is -4.39. The number of carbonyl (C=O) groups excluding carboxylic acids is 2. The number of nitrogens with zero attached hydrogens (tertiary/aromatic N) is 3. The van der Waals surface area contributed by atoms with Crippen molar-refractivity contribution in [2.45, 2.75) is 55.9 Å². The van der Waals surface area contributed by atoms with E-state index in [0.29, 0.717) is 22.4 Å². The molecule has 30 heavy (non-hydrogen) atoms. The zero-order valence-electron chi connectivity index (χ0n) is 17.3. The lowest BCUT2D eigenvalue weighted by atomic mass is 10.1. The van der Waals surface area contributed by atoms with Crippen LogP contribution in [0.5, 0.6) is 0 Å². The molecule has 6 atom stereocenters. The van der Waals surface area contributed by atoms with Crippen molar-refractivity contribution in [1.82, 2.24) is 9.55 Å². The molecule has 1 saturated heterocycles. The van der Waals surface area contributed by atoms with Gasteiger partial charge >= 0.3 is 0 Å². The Kier molecular flexibility index (Phi) is 7.55. The average molecular weight is 429 g/mol. The van der Waals surface area contributed by atoms with Gasteiger partial charge in [0.2, 0.25) is 0 Å². The van der Waals surface area contributed by atoms with E-state index in [4.69, 9.17) is 16.2 Å². The van der Waals surface area contributed by atoms with Gasteiger partial charge in [0.15, 0.2) is 12.3 Å². The molecule has 12 nitrogen and oxygen atoms in total. The summed E-state index contributed by atoms with van der Waals surface area (Å²) < 4.78 is 7.33. The van der Waals surface area contributed by atoms with Crippen LogP contribution in [0.2, 0.25) is 0 Å². The van der Waals surface area contributed by atoms with E-state index in [0.717, 1.165) is 0 Å². The number of carboxylic acid groups (broad SMARTS) is 1. The highest BCUT2D eigenvalue weighted by Crippen LogP contribution is 2.31. The predicted molar refractivity (Wildman–Crippen MR) is 101 cm³/mol. The summed E-state index contributed by atoms with van der Waals surface area (Å²) >= 11 is 0. The lowest BCUT2D eigenvalue weighted by Gasteiger charge is -2.32. The van der Waals surface area contributed by atoms with E-state index in [1.807, 2.05) is 21.1 Å². The van der Waals surface area contributed by atoms with Gasteiger partial charge in [-0.1, -0.05) is 0 Å². The van der Waals surface area contributed by atoms with E-state index < -0.39 is 55.1 Å². The third-order valence-corrected chi connectivity index (χ3v) is 5.29. The summed E-state index contributed by atoms with van der Waals surface area (Å²) in [6.45, 7) is -0.494. The van der Waals surface area contributed by atoms with Crippen molar-refractivity contribution in [3.8, 4) is 0 Å². The molecule has 0 aliphatic carbocycles. The molecule has 2 unspecified atom stereocenters. The molecule has 0 radical (unpaired) electrons. The van der Waals surface area contributed by atoms with Crippen LogP contribution in [-0.2, 0) is 27.2 Å². The number of rotatable bonds is 10. The first-order valence-electron chi connectivity index (χ1n) is 9.62. The molecule has 0 saturated carbocycles. The van der Waals surface area contributed by atoms with Gasteiger partial charge < -0.3 is 50.5 Å². The Hall–Kier alpha value is -2.09. The van der Waals surface area contributed by atoms with Gasteiger partial charge in [0.05, 0.1) is 39.4 Å². The number of carboxylic acids is 1. The summed E-state index contributed by atoms with van der Waals surface area (Å²) in [6, 6.07) is -1.80. The molecule has 0 spiro atoms. The van der Waals surface area contributed by atoms with Gasteiger partial charge in [-0.05, 0) is 0 Å². The number of hydrogen-bond donors (Lipinski definition) is 5. The number of likely N-dealkylation sites (N-methyl/N-ethyl adjacent to an activating group) is 1. The first kappa shape index (κ1) is 24.2. The average Bonchev–Trinajstić information content (AvgIpc) is 3.14. The van der Waals surface area contributed by atoms with Crippen molar-refractivity contribution < 1.29 is 39.2 Å². The maximum absolute atomic E-state index is 11.9. The Morgan fingerprint density at radius 1 is 1.33 bits per heavy atom. The van der Waals surface area contributed by atoms with E-state index in [9.17, 15) is 30.0 Å². The Labute approximate surface area is 174 Å². The highest BCUT2D eigenvalue weighted by Gasteiger charge is 2.44. The number of hydrogen-bond acceptors (Lipinski definition) is 9. The van der Waals surface area contributed by atoms with Crippen LogP contribution in [0.15, 0.2) is 6.20 Å². The number of aliphatic carboxylic acids is 1. The molecule has 1 amide bonds. The van der Waals surface area contributed by atoms with Crippen molar-refractivity contribution in [3.05, 3.63) is 17.7 Å². The highest BCUT2D eigenvalue weighted by atomic mass is 16.6. The van der Waals surface area contributed by atoms with Crippen molar-refractivity contribution in [3.63, 3.8) is 0 Å². The van der Waals surface area contributed by atoms with Gasteiger partial charge in [0, 0.05) is 31.5 Å². The molecule has 0 aromatic carbocycles. The SMILES string of the molecule is C[N+](C)(C)C(CCc1nc(CC(N)C(=O)[O-])cn1[C@@H]1O[C@H](CO)[C@@H](O)[C@@H]1O)C(N)=O. The van der Waals surface area contributed by atoms with Crippen LogP contribution in [0.25, 0.3) is 0 Å². The quantitative estimate of drug-likeness (QED) is 0.228. The summed E-state index contributed by atoms with van der Waals surface area (Å²) in [7, 11) is 5.49. The third-order valence-electron chi connectivity index (χ3n) is 5.29. The molecule has 1 aromatic heterocycles. The van der Waals surface area contributed by atoms with Crippen molar-refractivity contribution in [2.75, 3.05) is 27.7 Å². The first-order chi connectivity index (χ1) is 13.9. The van der Waals surface area contributed by atoms with Crippen LogP contribution in [0.4, 0.5) is 0 Å². The lowest BCUT2D eigenvalue weighted by molar-refractivity contribution is -0.886. The normalized spacial score (nSPS) is 26.5. The molecule has 1 fully saturated rings. The van der Waals surface area contributed by atoms with E-state index in [1.165, 1.54) is 10.8 Å². The van der Waals surface area contributed by atoms with E-state index in [-0.39, 0.29) is 12.8 Å². The summed E-state index contributed by atoms with van der Waals surface area (Å²) in [6.07, 6.45) is -2.75. The second-order valence-electron chi connectivity index (χ2n) is 8.49. The molecular weight excluding hydrogens is 398 g/mol. The van der Waals surface area contributed by atoms with E-state index in [1.54, 1.807) is 0 Å². The Morgan fingerprint density at radius 3 is 2.43 bits per heavy atom. The summed E-state index contributed by atoms with van der Waals surface area (Å²) in [5, 5.41) is 40.8. The van der Waals surface area contributed by atoms with Crippen LogP contribution in [-0.4, -0.2) is 99.4 Å². The largest absolute Gasteiger partial charge is 0.548 e. The fourth-order valence-electron chi connectivity index (χ4n) is 3.59. The Balaban J connectivity index is 2.33. The van der Waals surface area contributed by atoms with Crippen LogP contribution < -0.4 is 16.6 Å². The fraction of sp³-hybridized carbons (Fsp3) is 0.722. The topological polar surface area (TPSA) is 197 Å². The van der Waals surface area contributed by atoms with Crippen LogP contribution >= 0.6 is 0 Å². The van der Waals surface area contributed by atoms with Crippen LogP contribution in [0.3, 0.4) is 0 Å². The maximum Gasteiger partial charge on any atom is 0.275 e. The second kappa shape index (κ2) is 9.37. The van der Waals surface area contributed by atoms with E-state index >= 15 is 0 Å². The first-order valence-corrected chi connectivity index (χ1v) is 9.62. The zero-order chi connectivity index (χ0) is 22.8. The number of primary amides is 1. The third kappa shape index (κ3) is 5.33. The standard InChI is InChI=1S/C18H31N5O7/c1-23(2,3)11(16(20)27)4-5-13-21-9(6-10(19)18(28)29)7-22(13)17-15(26)14(25)12(8-24)30-17/h7,10-12,14-15,17,24-26H,4-6,8,19H2,1-3H3,(H2-,20,27,28,29)/t10?,11?,12-,14-,15+,17-/m1/s1. The van der Waals surface area contributed by atoms with Gasteiger partial charge in [-0.15, -0.1) is 0 Å². The molecule has 1 aromatic rings. The molecule has 2 rings (SSSR count). The molecule has 1 aliphatic heterocycles. The minimum absolute atomic E-state index is 0.119. The zero-order valence-corrected chi connectivity index (χ0v) is 17.3. The molecule has 7 N–H and O–H groups in total. The number of aliphatic hydroxyl groups is 3.